The van der Waals surface area contributed by atoms with E-state index in [2.05, 4.69) is 5.32 Å². The summed E-state index contributed by atoms with van der Waals surface area (Å²) in [5.74, 6) is -0.0441. The highest BCUT2D eigenvalue weighted by atomic mass is 16.5. The molecular formula is C9H18N2O2. The summed E-state index contributed by atoms with van der Waals surface area (Å²) in [6.45, 7) is 3.39. The molecule has 1 unspecified atom stereocenters. The number of nitrogens with two attached hydrogens (primary N) is 1. The van der Waals surface area contributed by atoms with E-state index in [-0.39, 0.29) is 18.0 Å². The van der Waals surface area contributed by atoms with E-state index in [0.29, 0.717) is 6.61 Å². The maximum atomic E-state index is 11.4. The molecule has 2 atom stereocenters. The number of amides is 1. The number of carbonyl (C=O) groups excluding carboxylic acids is 1. The van der Waals surface area contributed by atoms with Crippen molar-refractivity contribution in [1.82, 2.24) is 5.32 Å². The molecule has 1 heterocycles. The molecule has 4 heteroatoms. The molecule has 1 rings (SSSR count). The van der Waals surface area contributed by atoms with Crippen LogP contribution in [0.2, 0.25) is 0 Å². The Morgan fingerprint density at radius 3 is 3.08 bits per heavy atom. The van der Waals surface area contributed by atoms with Crippen molar-refractivity contribution < 1.29 is 9.53 Å². The summed E-state index contributed by atoms with van der Waals surface area (Å²) < 4.78 is 5.14. The van der Waals surface area contributed by atoms with Crippen molar-refractivity contribution in [3.8, 4) is 0 Å². The van der Waals surface area contributed by atoms with Crippen molar-refractivity contribution in [3.63, 3.8) is 0 Å². The minimum absolute atomic E-state index is 0.0441. The molecule has 1 aliphatic rings. The van der Waals surface area contributed by atoms with Gasteiger partial charge in [-0.3, -0.25) is 4.79 Å². The first-order chi connectivity index (χ1) is 6.24. The molecule has 13 heavy (non-hydrogen) atoms. The number of rotatable bonds is 4. The quantitative estimate of drug-likeness (QED) is 0.650. The number of carbonyl (C=O) groups is 1. The number of nitrogens with one attached hydrogen (secondary N) is 1. The first-order valence-corrected chi connectivity index (χ1v) is 4.87. The maximum absolute atomic E-state index is 11.4. The molecule has 0 aromatic heterocycles. The zero-order valence-electron chi connectivity index (χ0n) is 8.08. The second-order valence-electron chi connectivity index (χ2n) is 3.46. The fourth-order valence-electron chi connectivity index (χ4n) is 1.40. The molecule has 0 saturated carbocycles. The Balaban J connectivity index is 2.22. The predicted octanol–water partition coefficient (Wildman–Crippen LogP) is 0.0189. The summed E-state index contributed by atoms with van der Waals surface area (Å²) >= 11 is 0. The lowest BCUT2D eigenvalue weighted by molar-refractivity contribution is -0.123. The van der Waals surface area contributed by atoms with Gasteiger partial charge < -0.3 is 15.8 Å². The second-order valence-corrected chi connectivity index (χ2v) is 3.46. The third-order valence-corrected chi connectivity index (χ3v) is 2.21. The van der Waals surface area contributed by atoms with Crippen molar-refractivity contribution in [2.45, 2.75) is 38.3 Å². The van der Waals surface area contributed by atoms with E-state index in [1.807, 2.05) is 6.92 Å². The van der Waals surface area contributed by atoms with Crippen molar-refractivity contribution in [2.75, 3.05) is 13.2 Å². The van der Waals surface area contributed by atoms with Crippen LogP contribution >= 0.6 is 0 Å². The Labute approximate surface area is 78.8 Å². The van der Waals surface area contributed by atoms with E-state index in [1.165, 1.54) is 0 Å². The Hall–Kier alpha value is -0.610. The molecule has 1 fully saturated rings. The largest absolute Gasteiger partial charge is 0.379 e. The van der Waals surface area contributed by atoms with E-state index in [0.717, 1.165) is 25.9 Å². The Bertz CT molecular complexity index is 167. The molecule has 1 amide bonds. The summed E-state index contributed by atoms with van der Waals surface area (Å²) in [7, 11) is 0. The smallest absolute Gasteiger partial charge is 0.237 e. The molecule has 1 saturated heterocycles. The van der Waals surface area contributed by atoms with Crippen LogP contribution in [0.3, 0.4) is 0 Å². The van der Waals surface area contributed by atoms with Crippen LogP contribution in [-0.2, 0) is 9.53 Å². The van der Waals surface area contributed by atoms with E-state index in [1.54, 1.807) is 0 Å². The topological polar surface area (TPSA) is 64.4 Å². The number of ether oxygens (including phenoxy) is 1. The van der Waals surface area contributed by atoms with Gasteiger partial charge in [-0.15, -0.1) is 0 Å². The third-order valence-electron chi connectivity index (χ3n) is 2.21. The monoisotopic (exact) mass is 186 g/mol. The zero-order chi connectivity index (χ0) is 9.68. The van der Waals surface area contributed by atoms with Gasteiger partial charge in [0.2, 0.25) is 5.91 Å². The molecule has 0 aromatic rings. The highest BCUT2D eigenvalue weighted by Gasteiger charge is 2.20. The van der Waals surface area contributed by atoms with Crippen LogP contribution < -0.4 is 11.1 Å². The zero-order valence-corrected chi connectivity index (χ0v) is 8.08. The van der Waals surface area contributed by atoms with Gasteiger partial charge in [0, 0.05) is 6.61 Å². The number of hydrogen-bond donors (Lipinski definition) is 2. The Kier molecular flexibility index (Phi) is 4.18. The minimum Gasteiger partial charge on any atom is -0.379 e. The third kappa shape index (κ3) is 3.32. The second kappa shape index (κ2) is 5.19. The summed E-state index contributed by atoms with van der Waals surface area (Å²) in [6, 6.07) is -0.180. The molecule has 76 valence electrons. The van der Waals surface area contributed by atoms with Gasteiger partial charge in [0.25, 0.3) is 0 Å². The molecule has 0 spiro atoms. The Morgan fingerprint density at radius 1 is 1.77 bits per heavy atom. The molecule has 1 aliphatic heterocycles. The first kappa shape index (κ1) is 10.5. The highest BCUT2D eigenvalue weighted by Crippen LogP contribution is 2.04. The molecule has 0 aliphatic carbocycles. The standard InChI is InChI=1S/C9H18N2O2/c1-2-3-8(10)9(12)11-7-4-5-13-6-7/h7-8H,2-6,10H2,1H3,(H,11,12)/t7?,8-/m0/s1. The van der Waals surface area contributed by atoms with Crippen LogP contribution in [0.25, 0.3) is 0 Å². The van der Waals surface area contributed by atoms with Gasteiger partial charge in [-0.25, -0.2) is 0 Å². The van der Waals surface area contributed by atoms with Gasteiger partial charge in [-0.1, -0.05) is 13.3 Å². The van der Waals surface area contributed by atoms with Crippen LogP contribution in [0.4, 0.5) is 0 Å². The molecule has 0 radical (unpaired) electrons. The van der Waals surface area contributed by atoms with Crippen molar-refractivity contribution >= 4 is 5.91 Å². The minimum atomic E-state index is -0.356. The Morgan fingerprint density at radius 2 is 2.54 bits per heavy atom. The SMILES string of the molecule is CCC[C@H](N)C(=O)NC1CCOC1. The van der Waals surface area contributed by atoms with Crippen molar-refractivity contribution in [2.24, 2.45) is 5.73 Å². The lowest BCUT2D eigenvalue weighted by Gasteiger charge is -2.14. The lowest BCUT2D eigenvalue weighted by Crippen LogP contribution is -2.45. The van der Waals surface area contributed by atoms with E-state index < -0.39 is 0 Å². The first-order valence-electron chi connectivity index (χ1n) is 4.87. The summed E-state index contributed by atoms with van der Waals surface area (Å²) in [5.41, 5.74) is 5.65. The summed E-state index contributed by atoms with van der Waals surface area (Å²) in [5, 5.41) is 2.87. The molecule has 0 aromatic carbocycles. The number of hydrogen-bond acceptors (Lipinski definition) is 3. The summed E-state index contributed by atoms with van der Waals surface area (Å²) in [6.07, 6.45) is 2.60. The maximum Gasteiger partial charge on any atom is 0.237 e. The fraction of sp³-hybridized carbons (Fsp3) is 0.889. The van der Waals surface area contributed by atoms with Gasteiger partial charge in [0.1, 0.15) is 0 Å². The average Bonchev–Trinajstić information content (AvgIpc) is 2.57. The normalized spacial score (nSPS) is 24.3. The predicted molar refractivity (Wildman–Crippen MR) is 50.3 cm³/mol. The van der Waals surface area contributed by atoms with Crippen LogP contribution in [0, 0.1) is 0 Å². The highest BCUT2D eigenvalue weighted by molar-refractivity contribution is 5.81. The van der Waals surface area contributed by atoms with Gasteiger partial charge in [0.15, 0.2) is 0 Å². The molecule has 3 N–H and O–H groups in total. The van der Waals surface area contributed by atoms with Crippen LogP contribution in [0.15, 0.2) is 0 Å². The van der Waals surface area contributed by atoms with E-state index in [4.69, 9.17) is 10.5 Å². The average molecular weight is 186 g/mol. The summed E-state index contributed by atoms with van der Waals surface area (Å²) in [4.78, 5) is 11.4. The fourth-order valence-corrected chi connectivity index (χ4v) is 1.40. The lowest BCUT2D eigenvalue weighted by atomic mass is 10.1. The van der Waals surface area contributed by atoms with Gasteiger partial charge in [-0.2, -0.15) is 0 Å². The molecular weight excluding hydrogens is 168 g/mol. The van der Waals surface area contributed by atoms with Gasteiger partial charge in [0.05, 0.1) is 18.7 Å². The van der Waals surface area contributed by atoms with Crippen LogP contribution in [0.1, 0.15) is 26.2 Å². The van der Waals surface area contributed by atoms with Gasteiger partial charge >= 0.3 is 0 Å². The van der Waals surface area contributed by atoms with Crippen LogP contribution in [0.5, 0.6) is 0 Å². The molecule has 4 nitrogen and oxygen atoms in total. The van der Waals surface area contributed by atoms with Crippen molar-refractivity contribution in [3.05, 3.63) is 0 Å². The molecule has 0 bridgehead atoms. The van der Waals surface area contributed by atoms with Crippen LogP contribution in [-0.4, -0.2) is 31.2 Å². The van der Waals surface area contributed by atoms with Gasteiger partial charge in [-0.05, 0) is 12.8 Å². The van der Waals surface area contributed by atoms with E-state index >= 15 is 0 Å². The van der Waals surface area contributed by atoms with E-state index in [9.17, 15) is 4.79 Å². The van der Waals surface area contributed by atoms with Crippen molar-refractivity contribution in [1.29, 1.82) is 0 Å².